The van der Waals surface area contributed by atoms with Gasteiger partial charge in [0.25, 0.3) is 5.91 Å². The number of thioether (sulfide) groups is 1. The van der Waals surface area contributed by atoms with Crippen LogP contribution in [0.1, 0.15) is 16.0 Å². The molecule has 2 aromatic rings. The quantitative estimate of drug-likeness (QED) is 0.378. The first kappa shape index (κ1) is 21.4. The molecular formula is C19H14Br2N2O5S. The number of ether oxygens (including phenoxy) is 1. The van der Waals surface area contributed by atoms with Crippen LogP contribution in [0.25, 0.3) is 6.08 Å². The molecule has 1 unspecified atom stereocenters. The topological polar surface area (TPSA) is 108 Å². The molecule has 2 aromatic carbocycles. The monoisotopic (exact) mass is 540 g/mol. The van der Waals surface area contributed by atoms with Gasteiger partial charge in [-0.15, -0.1) is 0 Å². The molecule has 0 radical (unpaired) electrons. The third-order valence-electron chi connectivity index (χ3n) is 3.86. The number of rotatable bonds is 5. The van der Waals surface area contributed by atoms with Gasteiger partial charge in [-0.3, -0.25) is 9.59 Å². The molecule has 0 aliphatic carbocycles. The zero-order valence-electron chi connectivity index (χ0n) is 14.8. The number of aliphatic imine (C=N–C) groups is 1. The Hall–Kier alpha value is -2.30. The second-order valence-corrected chi connectivity index (χ2v) is 8.68. The fourth-order valence-corrected chi connectivity index (χ4v) is 4.05. The Balaban J connectivity index is 1.83. The number of aromatic hydroxyl groups is 1. The van der Waals surface area contributed by atoms with Crippen molar-refractivity contribution in [2.24, 2.45) is 4.99 Å². The van der Waals surface area contributed by atoms with Crippen molar-refractivity contribution in [3.8, 4) is 11.5 Å². The number of benzene rings is 2. The standard InChI is InChI=1S/C19H14Br2N2O5S/c1-28-13-8-11(20)6-10(16(13)24)7-14-17(25)23-19(29-14)22-12-4-2-9(3-5-12)15(21)18(26)27/h2-8,15,24H,1H3,(H,26,27)(H,22,23,25)/b14-7-. The van der Waals surface area contributed by atoms with Crippen LogP contribution in [-0.4, -0.2) is 34.4 Å². The number of nitrogens with one attached hydrogen (secondary N) is 1. The normalized spacial score (nSPS) is 17.4. The van der Waals surface area contributed by atoms with Gasteiger partial charge in [-0.25, -0.2) is 4.99 Å². The number of amides is 1. The van der Waals surface area contributed by atoms with Crippen molar-refractivity contribution in [2.45, 2.75) is 4.83 Å². The molecule has 0 saturated carbocycles. The van der Waals surface area contributed by atoms with Gasteiger partial charge < -0.3 is 20.3 Å². The van der Waals surface area contributed by atoms with Crippen LogP contribution in [0.3, 0.4) is 0 Å². The summed E-state index contributed by atoms with van der Waals surface area (Å²) in [6.45, 7) is 0. The molecule has 1 heterocycles. The Bertz CT molecular complexity index is 1040. The van der Waals surface area contributed by atoms with Gasteiger partial charge in [0.1, 0.15) is 4.83 Å². The summed E-state index contributed by atoms with van der Waals surface area (Å²) in [7, 11) is 1.44. The molecule has 0 aromatic heterocycles. The summed E-state index contributed by atoms with van der Waals surface area (Å²) >= 11 is 7.57. The highest BCUT2D eigenvalue weighted by Crippen LogP contribution is 2.37. The molecule has 1 saturated heterocycles. The Labute approximate surface area is 187 Å². The average molecular weight is 542 g/mol. The Morgan fingerprint density at radius 2 is 2.00 bits per heavy atom. The first-order valence-corrected chi connectivity index (χ1v) is 10.6. The second-order valence-electron chi connectivity index (χ2n) is 5.82. The zero-order chi connectivity index (χ0) is 21.1. The molecule has 1 fully saturated rings. The highest BCUT2D eigenvalue weighted by atomic mass is 79.9. The minimum Gasteiger partial charge on any atom is -0.504 e. The number of phenolic OH excluding ortho intramolecular Hbond substituents is 1. The number of hydrogen-bond donors (Lipinski definition) is 3. The summed E-state index contributed by atoms with van der Waals surface area (Å²) in [5, 5.41) is 22.3. The van der Waals surface area contributed by atoms with E-state index in [0.717, 1.165) is 11.8 Å². The van der Waals surface area contributed by atoms with Crippen molar-refractivity contribution in [1.29, 1.82) is 0 Å². The highest BCUT2D eigenvalue weighted by Gasteiger charge is 2.25. The van der Waals surface area contributed by atoms with Crippen LogP contribution in [0.15, 0.2) is 50.8 Å². The molecule has 1 aliphatic rings. The molecule has 3 rings (SSSR count). The summed E-state index contributed by atoms with van der Waals surface area (Å²) in [5.41, 5.74) is 1.58. The average Bonchev–Trinajstić information content (AvgIpc) is 3.03. The first-order chi connectivity index (χ1) is 13.8. The molecule has 1 aliphatic heterocycles. The lowest BCUT2D eigenvalue weighted by Gasteiger charge is -2.07. The third-order valence-corrected chi connectivity index (χ3v) is 6.15. The van der Waals surface area contributed by atoms with Crippen molar-refractivity contribution in [3.05, 3.63) is 56.9 Å². The fraction of sp³-hybridized carbons (Fsp3) is 0.105. The SMILES string of the molecule is COc1cc(Br)cc(/C=C2\SC(=Nc3ccc(C(Br)C(=O)O)cc3)NC2=O)c1O. The van der Waals surface area contributed by atoms with E-state index in [1.807, 2.05) is 0 Å². The highest BCUT2D eigenvalue weighted by molar-refractivity contribution is 9.10. The van der Waals surface area contributed by atoms with Gasteiger partial charge >= 0.3 is 5.97 Å². The van der Waals surface area contributed by atoms with Crippen LogP contribution >= 0.6 is 43.6 Å². The number of halogens is 2. The van der Waals surface area contributed by atoms with Gasteiger partial charge in [-0.05, 0) is 47.7 Å². The Kier molecular flexibility index (Phi) is 6.66. The summed E-state index contributed by atoms with van der Waals surface area (Å²) in [6, 6.07) is 9.93. The number of nitrogens with zero attached hydrogens (tertiary/aromatic N) is 1. The molecule has 0 bridgehead atoms. The van der Waals surface area contributed by atoms with Crippen LogP contribution < -0.4 is 10.1 Å². The van der Waals surface area contributed by atoms with Crippen LogP contribution in [0.2, 0.25) is 0 Å². The smallest absolute Gasteiger partial charge is 0.321 e. The van der Waals surface area contributed by atoms with E-state index in [-0.39, 0.29) is 17.4 Å². The number of carbonyl (C=O) groups excluding carboxylic acids is 1. The molecule has 1 atom stereocenters. The van der Waals surface area contributed by atoms with Crippen molar-refractivity contribution in [1.82, 2.24) is 5.32 Å². The maximum Gasteiger partial charge on any atom is 0.321 e. The lowest BCUT2D eigenvalue weighted by Crippen LogP contribution is -2.19. The van der Waals surface area contributed by atoms with Crippen molar-refractivity contribution in [2.75, 3.05) is 7.11 Å². The van der Waals surface area contributed by atoms with E-state index in [4.69, 9.17) is 9.84 Å². The Morgan fingerprint density at radius 1 is 1.31 bits per heavy atom. The number of carbonyl (C=O) groups is 2. The molecule has 7 nitrogen and oxygen atoms in total. The van der Waals surface area contributed by atoms with Gasteiger partial charge in [0.05, 0.1) is 17.7 Å². The Morgan fingerprint density at radius 3 is 2.62 bits per heavy atom. The first-order valence-electron chi connectivity index (χ1n) is 8.11. The minimum absolute atomic E-state index is 0.0691. The third kappa shape index (κ3) is 5.01. The second kappa shape index (κ2) is 9.02. The van der Waals surface area contributed by atoms with E-state index in [1.165, 1.54) is 7.11 Å². The van der Waals surface area contributed by atoms with Gasteiger partial charge in [-0.2, -0.15) is 0 Å². The summed E-state index contributed by atoms with van der Waals surface area (Å²) in [6.07, 6.45) is 1.55. The number of alkyl halides is 1. The lowest BCUT2D eigenvalue weighted by atomic mass is 10.1. The lowest BCUT2D eigenvalue weighted by molar-refractivity contribution is -0.136. The van der Waals surface area contributed by atoms with Crippen LogP contribution in [0.5, 0.6) is 11.5 Å². The van der Waals surface area contributed by atoms with E-state index in [9.17, 15) is 14.7 Å². The number of carboxylic acid groups (broad SMARTS) is 1. The number of methoxy groups -OCH3 is 1. The fourth-order valence-electron chi connectivity index (χ4n) is 2.46. The molecule has 29 heavy (non-hydrogen) atoms. The van der Waals surface area contributed by atoms with Gasteiger partial charge in [-0.1, -0.05) is 44.0 Å². The molecule has 0 spiro atoms. The van der Waals surface area contributed by atoms with E-state index in [1.54, 1.807) is 42.5 Å². The van der Waals surface area contributed by atoms with Gasteiger partial charge in [0, 0.05) is 10.0 Å². The predicted molar refractivity (Wildman–Crippen MR) is 119 cm³/mol. The number of carboxylic acids is 1. The molecule has 1 amide bonds. The summed E-state index contributed by atoms with van der Waals surface area (Å²) < 4.78 is 5.82. The number of phenols is 1. The van der Waals surface area contributed by atoms with Gasteiger partial charge in [0.2, 0.25) is 0 Å². The molecule has 3 N–H and O–H groups in total. The zero-order valence-corrected chi connectivity index (χ0v) is 18.8. The van der Waals surface area contributed by atoms with E-state index < -0.39 is 10.8 Å². The molecule has 10 heteroatoms. The predicted octanol–water partition coefficient (Wildman–Crippen LogP) is 4.58. The van der Waals surface area contributed by atoms with Crippen LogP contribution in [0, 0.1) is 0 Å². The maximum absolute atomic E-state index is 12.3. The number of aliphatic carboxylic acids is 1. The van der Waals surface area contributed by atoms with Gasteiger partial charge in [0.15, 0.2) is 16.7 Å². The van der Waals surface area contributed by atoms with E-state index in [0.29, 0.717) is 31.4 Å². The van der Waals surface area contributed by atoms with Crippen molar-refractivity contribution >= 4 is 72.4 Å². The van der Waals surface area contributed by atoms with Crippen molar-refractivity contribution < 1.29 is 24.5 Å². The van der Waals surface area contributed by atoms with Crippen LogP contribution in [-0.2, 0) is 9.59 Å². The van der Waals surface area contributed by atoms with E-state index in [2.05, 4.69) is 42.2 Å². The summed E-state index contributed by atoms with van der Waals surface area (Å²) in [5.74, 6) is -1.10. The number of amidine groups is 1. The number of hydrogen-bond acceptors (Lipinski definition) is 6. The molecular weight excluding hydrogens is 528 g/mol. The summed E-state index contributed by atoms with van der Waals surface area (Å²) in [4.78, 5) is 27.2. The largest absolute Gasteiger partial charge is 0.504 e. The minimum atomic E-state index is -0.982. The molecule has 150 valence electrons. The van der Waals surface area contributed by atoms with Crippen molar-refractivity contribution in [3.63, 3.8) is 0 Å². The van der Waals surface area contributed by atoms with Crippen LogP contribution in [0.4, 0.5) is 5.69 Å². The van der Waals surface area contributed by atoms with E-state index >= 15 is 0 Å². The maximum atomic E-state index is 12.3.